The molecular weight excluding hydrogens is 492 g/mol. The fourth-order valence-electron chi connectivity index (χ4n) is 8.07. The lowest BCUT2D eigenvalue weighted by atomic mass is 9.72. The predicted molar refractivity (Wildman–Crippen MR) is 142 cm³/mol. The number of amides is 2. The second-order valence-corrected chi connectivity index (χ2v) is 12.6. The second kappa shape index (κ2) is 12.0. The van der Waals surface area contributed by atoms with E-state index in [9.17, 15) is 14.0 Å². The van der Waals surface area contributed by atoms with Gasteiger partial charge in [0.25, 0.3) is 0 Å². The van der Waals surface area contributed by atoms with Gasteiger partial charge in [-0.15, -0.1) is 0 Å². The minimum atomic E-state index is -1.15. The average Bonchev–Trinajstić information content (AvgIpc) is 3.34. The van der Waals surface area contributed by atoms with Crippen molar-refractivity contribution in [2.45, 2.75) is 107 Å². The number of piperazine rings is 1. The molecule has 1 spiro atoms. The molecule has 4 saturated heterocycles. The largest absolute Gasteiger partial charge is 0.350 e. The van der Waals surface area contributed by atoms with E-state index < -0.39 is 36.5 Å². The van der Waals surface area contributed by atoms with Crippen LogP contribution in [0.5, 0.6) is 0 Å². The number of nitrogens with two attached hydrogens (primary N) is 2. The second-order valence-electron chi connectivity index (χ2n) is 12.6. The molecule has 216 valence electrons. The molecule has 7 unspecified atom stereocenters. The van der Waals surface area contributed by atoms with Gasteiger partial charge in [0.15, 0.2) is 0 Å². The van der Waals surface area contributed by atoms with Crippen LogP contribution in [0, 0.1) is 11.3 Å². The Balaban J connectivity index is 1.30. The molecule has 4 heterocycles. The molecule has 4 aliphatic heterocycles. The number of nitrogens with one attached hydrogen (secondary N) is 3. The third-order valence-electron chi connectivity index (χ3n) is 10.1. The van der Waals surface area contributed by atoms with Gasteiger partial charge in [-0.1, -0.05) is 12.8 Å². The number of piperidine rings is 2. The van der Waals surface area contributed by atoms with Crippen LogP contribution in [0.15, 0.2) is 0 Å². The van der Waals surface area contributed by atoms with Crippen LogP contribution >= 0.6 is 0 Å². The molecule has 1 saturated carbocycles. The number of fused-ring (bicyclic) bond motifs is 1. The first-order valence-corrected chi connectivity index (χ1v) is 14.8. The first-order chi connectivity index (χ1) is 18.3. The molecule has 9 nitrogen and oxygen atoms in total. The van der Waals surface area contributed by atoms with Crippen LogP contribution in [-0.2, 0) is 9.59 Å². The first-order valence-electron chi connectivity index (χ1n) is 14.8. The fourth-order valence-corrected chi connectivity index (χ4v) is 8.07. The number of hydrogen-bond acceptors (Lipinski definition) is 7. The van der Waals surface area contributed by atoms with Crippen LogP contribution in [0.1, 0.15) is 64.2 Å². The number of halogens is 2. The topological polar surface area (TPSA) is 129 Å². The quantitative estimate of drug-likeness (QED) is 0.320. The highest BCUT2D eigenvalue weighted by Gasteiger charge is 2.46. The molecule has 1 aliphatic carbocycles. The summed E-state index contributed by atoms with van der Waals surface area (Å²) in [7, 11) is 0. The Kier molecular flexibility index (Phi) is 8.88. The van der Waals surface area contributed by atoms with Crippen molar-refractivity contribution in [2.24, 2.45) is 22.8 Å². The van der Waals surface area contributed by atoms with Crippen LogP contribution in [-0.4, -0.2) is 104 Å². The molecule has 7 N–H and O–H groups in total. The van der Waals surface area contributed by atoms with Gasteiger partial charge in [0, 0.05) is 57.8 Å². The molecular formula is C27H47F2N7O2. The van der Waals surface area contributed by atoms with Gasteiger partial charge < -0.3 is 32.3 Å². The lowest BCUT2D eigenvalue weighted by Gasteiger charge is -2.50. The Hall–Kier alpha value is -1.40. The summed E-state index contributed by atoms with van der Waals surface area (Å²) in [6, 6.07) is -1.18. The van der Waals surface area contributed by atoms with Crippen LogP contribution in [0.3, 0.4) is 0 Å². The molecule has 0 radical (unpaired) electrons. The van der Waals surface area contributed by atoms with E-state index in [4.69, 9.17) is 11.5 Å². The maximum atomic E-state index is 15.5. The molecule has 5 aliphatic rings. The Bertz CT molecular complexity index is 842. The zero-order chi connectivity index (χ0) is 26.9. The van der Waals surface area contributed by atoms with Crippen LogP contribution in [0.2, 0.25) is 0 Å². The molecule has 0 aromatic carbocycles. The Morgan fingerprint density at radius 2 is 1.84 bits per heavy atom. The molecule has 0 bridgehead atoms. The molecule has 0 aromatic heterocycles. The van der Waals surface area contributed by atoms with Gasteiger partial charge >= 0.3 is 0 Å². The molecule has 2 amide bonds. The van der Waals surface area contributed by atoms with E-state index in [0.29, 0.717) is 39.0 Å². The number of carbonyl (C=O) groups excluding carboxylic acids is 2. The van der Waals surface area contributed by atoms with Gasteiger partial charge in [-0.25, -0.2) is 8.78 Å². The van der Waals surface area contributed by atoms with E-state index in [2.05, 4.69) is 20.9 Å². The SMILES string of the molecule is NC(N)C(C(=O)NC1CNCC(F)C1N1CCN2C(=O)CCCC2C1)C1CC2(CCCC2)CCC(F)CN1. The van der Waals surface area contributed by atoms with Gasteiger partial charge in [-0.2, -0.15) is 0 Å². The number of nitrogens with zero attached hydrogens (tertiary/aromatic N) is 2. The highest BCUT2D eigenvalue weighted by atomic mass is 19.1. The van der Waals surface area contributed by atoms with Gasteiger partial charge in [-0.05, 0) is 50.4 Å². The van der Waals surface area contributed by atoms with Crippen molar-refractivity contribution in [1.82, 2.24) is 25.8 Å². The van der Waals surface area contributed by atoms with E-state index >= 15 is 4.39 Å². The summed E-state index contributed by atoms with van der Waals surface area (Å²) < 4.78 is 30.1. The Morgan fingerprint density at radius 1 is 1.05 bits per heavy atom. The van der Waals surface area contributed by atoms with Crippen molar-refractivity contribution in [1.29, 1.82) is 0 Å². The van der Waals surface area contributed by atoms with Crippen LogP contribution < -0.4 is 27.4 Å². The van der Waals surface area contributed by atoms with Gasteiger partial charge in [0.2, 0.25) is 11.8 Å². The molecule has 5 rings (SSSR count). The van der Waals surface area contributed by atoms with Crippen molar-refractivity contribution >= 4 is 11.8 Å². The highest BCUT2D eigenvalue weighted by molar-refractivity contribution is 5.80. The average molecular weight is 540 g/mol. The van der Waals surface area contributed by atoms with Crippen molar-refractivity contribution in [3.8, 4) is 0 Å². The molecule has 5 fully saturated rings. The molecule has 0 aromatic rings. The van der Waals surface area contributed by atoms with Crippen LogP contribution in [0.25, 0.3) is 0 Å². The Labute approximate surface area is 225 Å². The summed E-state index contributed by atoms with van der Waals surface area (Å²) in [5, 5.41) is 9.56. The van der Waals surface area contributed by atoms with E-state index in [1.54, 1.807) is 0 Å². The summed E-state index contributed by atoms with van der Waals surface area (Å²) in [4.78, 5) is 30.2. The molecule has 38 heavy (non-hydrogen) atoms. The minimum Gasteiger partial charge on any atom is -0.350 e. The number of rotatable bonds is 5. The van der Waals surface area contributed by atoms with E-state index in [1.165, 1.54) is 0 Å². The van der Waals surface area contributed by atoms with E-state index in [-0.39, 0.29) is 42.4 Å². The van der Waals surface area contributed by atoms with Gasteiger partial charge in [0.1, 0.15) is 12.3 Å². The summed E-state index contributed by atoms with van der Waals surface area (Å²) >= 11 is 0. The van der Waals surface area contributed by atoms with Crippen molar-refractivity contribution in [3.05, 3.63) is 0 Å². The van der Waals surface area contributed by atoms with E-state index in [0.717, 1.165) is 51.4 Å². The maximum absolute atomic E-state index is 15.5. The summed E-state index contributed by atoms with van der Waals surface area (Å²) in [6.07, 6.45) is 5.80. The number of carbonyl (C=O) groups is 2. The first kappa shape index (κ1) is 28.1. The third kappa shape index (κ3) is 6.01. The summed E-state index contributed by atoms with van der Waals surface area (Å²) in [5.41, 5.74) is 12.5. The lowest BCUT2D eigenvalue weighted by Crippen LogP contribution is -2.70. The standard InChI is InChI=1S/C27H47F2N7O2/c28-17-6-9-27(7-1-2-8-27)12-20(33-13-17)23(25(30)31)26(38)34-21-15-32-14-19(29)24(21)35-10-11-36-18(16-35)4-3-5-22(36)37/h17-21,23-25,32-33H,1-16,30-31H2,(H,34,38). The maximum Gasteiger partial charge on any atom is 0.227 e. The van der Waals surface area contributed by atoms with Crippen molar-refractivity contribution in [2.75, 3.05) is 39.3 Å². The van der Waals surface area contributed by atoms with Gasteiger partial charge in [-0.3, -0.25) is 14.5 Å². The Morgan fingerprint density at radius 3 is 2.61 bits per heavy atom. The fraction of sp³-hybridized carbons (Fsp3) is 0.926. The minimum absolute atomic E-state index is 0.0198. The smallest absolute Gasteiger partial charge is 0.227 e. The molecule has 11 heteroatoms. The van der Waals surface area contributed by atoms with Gasteiger partial charge in [0.05, 0.1) is 24.2 Å². The highest BCUT2D eigenvalue weighted by Crippen LogP contribution is 2.47. The lowest BCUT2D eigenvalue weighted by molar-refractivity contribution is -0.141. The van der Waals surface area contributed by atoms with Crippen LogP contribution in [0.4, 0.5) is 8.78 Å². The van der Waals surface area contributed by atoms with Crippen molar-refractivity contribution in [3.63, 3.8) is 0 Å². The zero-order valence-corrected chi connectivity index (χ0v) is 22.6. The summed E-state index contributed by atoms with van der Waals surface area (Å²) in [5.74, 6) is -0.847. The normalized spacial score (nSPS) is 37.5. The van der Waals surface area contributed by atoms with Crippen molar-refractivity contribution < 1.29 is 18.4 Å². The zero-order valence-electron chi connectivity index (χ0n) is 22.6. The molecule has 7 atom stereocenters. The number of hydrogen-bond donors (Lipinski definition) is 5. The monoisotopic (exact) mass is 539 g/mol. The summed E-state index contributed by atoms with van der Waals surface area (Å²) in [6.45, 7) is 2.65. The van der Waals surface area contributed by atoms with E-state index in [1.807, 2.05) is 4.90 Å². The third-order valence-corrected chi connectivity index (χ3v) is 10.1. The predicted octanol–water partition coefficient (Wildman–Crippen LogP) is 0.378. The number of alkyl halides is 2.